The summed E-state index contributed by atoms with van der Waals surface area (Å²) < 4.78 is 2.73. The van der Waals surface area contributed by atoms with Crippen LogP contribution in [0, 0.1) is 0 Å². The molecule has 312 valence electrons. The van der Waals surface area contributed by atoms with Gasteiger partial charge >= 0.3 is 0 Å². The van der Waals surface area contributed by atoms with Crippen molar-refractivity contribution in [1.29, 1.82) is 0 Å². The van der Waals surface area contributed by atoms with Gasteiger partial charge < -0.3 is 0 Å². The number of aryl methyl sites for hydroxylation is 2. The highest BCUT2D eigenvalue weighted by atomic mass is 32.1. The monoisotopic (exact) mass is 828 g/mol. The molecule has 0 amide bonds. The minimum absolute atomic E-state index is 1.20. The van der Waals surface area contributed by atoms with Crippen LogP contribution in [0.2, 0.25) is 0 Å². The van der Waals surface area contributed by atoms with Gasteiger partial charge in [-0.15, -0.1) is 22.7 Å². The number of thiophene rings is 2. The molecular weight excluding hydrogens is 761 g/mol. The topological polar surface area (TPSA) is 0 Å². The molecular formula is C58H68S2. The van der Waals surface area contributed by atoms with Crippen LogP contribution in [0.15, 0.2) is 109 Å². The van der Waals surface area contributed by atoms with Crippen LogP contribution in [-0.2, 0) is 12.8 Å². The lowest BCUT2D eigenvalue weighted by atomic mass is 9.95. The molecule has 8 rings (SSSR count). The van der Waals surface area contributed by atoms with Crippen molar-refractivity contribution in [2.45, 2.75) is 155 Å². The average Bonchev–Trinajstić information content (AvgIpc) is 3.90. The third-order valence-electron chi connectivity index (χ3n) is 13.2. The predicted molar refractivity (Wildman–Crippen MR) is 272 cm³/mol. The third-order valence-corrected chi connectivity index (χ3v) is 15.5. The van der Waals surface area contributed by atoms with E-state index in [0.29, 0.717) is 0 Å². The van der Waals surface area contributed by atoms with E-state index in [4.69, 9.17) is 0 Å². The van der Waals surface area contributed by atoms with E-state index in [1.54, 1.807) is 0 Å². The van der Waals surface area contributed by atoms with Crippen molar-refractivity contribution in [3.8, 4) is 20.9 Å². The molecule has 0 nitrogen and oxygen atoms in total. The van der Waals surface area contributed by atoms with Gasteiger partial charge in [0.25, 0.3) is 0 Å². The highest BCUT2D eigenvalue weighted by molar-refractivity contribution is 7.22. The van der Waals surface area contributed by atoms with E-state index >= 15 is 0 Å². The largest absolute Gasteiger partial charge is 0.135 e. The molecule has 2 aromatic heterocycles. The molecule has 0 saturated carbocycles. The first-order valence-corrected chi connectivity index (χ1v) is 25.7. The van der Waals surface area contributed by atoms with E-state index in [0.717, 1.165) is 0 Å². The fourth-order valence-corrected chi connectivity index (χ4v) is 11.7. The number of hydrogen-bond acceptors (Lipinski definition) is 2. The number of benzene rings is 6. The number of unbranched alkanes of at least 4 members (excludes halogenated alkanes) is 18. The molecule has 8 aromatic rings. The molecule has 6 aromatic carbocycles. The maximum atomic E-state index is 2.44. The molecule has 2 heterocycles. The van der Waals surface area contributed by atoms with Crippen molar-refractivity contribution < 1.29 is 0 Å². The Morgan fingerprint density at radius 3 is 1.02 bits per heavy atom. The summed E-state index contributed by atoms with van der Waals surface area (Å²) in [7, 11) is 0. The Morgan fingerprint density at radius 2 is 0.650 bits per heavy atom. The molecule has 0 aliphatic carbocycles. The Balaban J connectivity index is 0.899. The second-order valence-electron chi connectivity index (χ2n) is 17.9. The Kier molecular flexibility index (Phi) is 15.4. The second-order valence-corrected chi connectivity index (χ2v) is 20.1. The van der Waals surface area contributed by atoms with Gasteiger partial charge in [-0.25, -0.2) is 0 Å². The minimum atomic E-state index is 1.20. The summed E-state index contributed by atoms with van der Waals surface area (Å²) in [6.07, 6.45) is 30.2. The van der Waals surface area contributed by atoms with Crippen molar-refractivity contribution in [2.75, 3.05) is 0 Å². The summed E-state index contributed by atoms with van der Waals surface area (Å²) in [4.78, 5) is 2.72. The summed E-state index contributed by atoms with van der Waals surface area (Å²) in [6, 6.07) is 42.8. The summed E-state index contributed by atoms with van der Waals surface area (Å²) in [5, 5.41) is 10.7. The highest BCUT2D eigenvalue weighted by Crippen LogP contribution is 2.41. The van der Waals surface area contributed by atoms with E-state index in [2.05, 4.69) is 123 Å². The fraction of sp³-hybridized carbons (Fsp3) is 0.414. The molecule has 0 unspecified atom stereocenters. The average molecular weight is 829 g/mol. The standard InChI is InChI=1S/C58H68S2/c1-3-5-7-9-11-13-15-17-19-21-23-43-25-29-45(30-26-43)55-41-49-37-53-47(39-57(49)59-55)33-35-52-51(53)36-34-48-40-58-50(38-54(48)52)42-56(60-58)46-31-27-44(28-32-46)24-22-20-18-16-14-12-10-8-6-4-2/h25-42H,3-24H2,1-2H3. The lowest BCUT2D eigenvalue weighted by Crippen LogP contribution is -1.87. The van der Waals surface area contributed by atoms with Crippen LogP contribution in [0.25, 0.3) is 73.4 Å². The van der Waals surface area contributed by atoms with Crippen molar-refractivity contribution >= 4 is 75.2 Å². The summed E-state index contributed by atoms with van der Waals surface area (Å²) >= 11 is 3.85. The molecule has 0 aliphatic rings. The Labute approximate surface area is 369 Å². The molecule has 0 N–H and O–H groups in total. The van der Waals surface area contributed by atoms with Crippen LogP contribution in [0.4, 0.5) is 0 Å². The first-order chi connectivity index (χ1) is 29.7. The smallest absolute Gasteiger partial charge is 0.0355 e. The summed E-state index contributed by atoms with van der Waals surface area (Å²) in [5.41, 5.74) is 5.62. The first kappa shape index (κ1) is 42.7. The second kappa shape index (κ2) is 21.7. The van der Waals surface area contributed by atoms with Gasteiger partial charge in [0.1, 0.15) is 0 Å². The van der Waals surface area contributed by atoms with Gasteiger partial charge in [0.2, 0.25) is 0 Å². The van der Waals surface area contributed by atoms with Gasteiger partial charge in [-0.1, -0.05) is 202 Å². The van der Waals surface area contributed by atoms with Crippen molar-refractivity contribution in [3.63, 3.8) is 0 Å². The maximum absolute atomic E-state index is 2.44. The zero-order valence-electron chi connectivity index (χ0n) is 36.8. The SMILES string of the molecule is CCCCCCCCCCCCc1ccc(-c2cc3cc4c(ccc5c6cc7cc(-c8ccc(CCCCCCCCCCCC)cc8)sc7cc6ccc45)cc3s2)cc1. The lowest BCUT2D eigenvalue weighted by Gasteiger charge is -2.08. The van der Waals surface area contributed by atoms with Gasteiger partial charge in [-0.2, -0.15) is 0 Å². The van der Waals surface area contributed by atoms with Crippen LogP contribution in [0.1, 0.15) is 153 Å². The van der Waals surface area contributed by atoms with Gasteiger partial charge in [-0.3, -0.25) is 0 Å². The van der Waals surface area contributed by atoms with Gasteiger partial charge in [0.15, 0.2) is 0 Å². The maximum Gasteiger partial charge on any atom is 0.0355 e. The summed E-state index contributed by atoms with van der Waals surface area (Å²) in [6.45, 7) is 4.60. The van der Waals surface area contributed by atoms with Crippen LogP contribution in [-0.4, -0.2) is 0 Å². The zero-order chi connectivity index (χ0) is 40.9. The molecule has 0 spiro atoms. The van der Waals surface area contributed by atoms with Crippen molar-refractivity contribution in [3.05, 3.63) is 120 Å². The van der Waals surface area contributed by atoms with Crippen LogP contribution < -0.4 is 0 Å². The van der Waals surface area contributed by atoms with Gasteiger partial charge in [-0.05, 0) is 127 Å². The van der Waals surface area contributed by atoms with E-state index in [9.17, 15) is 0 Å². The predicted octanol–water partition coefficient (Wildman–Crippen LogP) is 19.8. The summed E-state index contributed by atoms with van der Waals surface area (Å²) in [5.74, 6) is 0. The van der Waals surface area contributed by atoms with E-state index in [1.165, 1.54) is 226 Å². The van der Waals surface area contributed by atoms with E-state index in [1.807, 2.05) is 22.7 Å². The quantitative estimate of drug-likeness (QED) is 0.0420. The normalized spacial score (nSPS) is 12.0. The minimum Gasteiger partial charge on any atom is -0.135 e. The van der Waals surface area contributed by atoms with Crippen molar-refractivity contribution in [2.24, 2.45) is 0 Å². The molecule has 0 saturated heterocycles. The van der Waals surface area contributed by atoms with Crippen molar-refractivity contribution in [1.82, 2.24) is 0 Å². The molecule has 0 fully saturated rings. The highest BCUT2D eigenvalue weighted by Gasteiger charge is 2.12. The van der Waals surface area contributed by atoms with Crippen LogP contribution in [0.3, 0.4) is 0 Å². The number of fused-ring (bicyclic) bond motifs is 7. The lowest BCUT2D eigenvalue weighted by molar-refractivity contribution is 0.556. The zero-order valence-corrected chi connectivity index (χ0v) is 38.4. The van der Waals surface area contributed by atoms with E-state index in [-0.39, 0.29) is 0 Å². The Morgan fingerprint density at radius 1 is 0.300 bits per heavy atom. The Hall–Kier alpha value is -3.98. The molecule has 2 heteroatoms. The fourth-order valence-electron chi connectivity index (χ4n) is 9.53. The van der Waals surface area contributed by atoms with Crippen LogP contribution >= 0.6 is 22.7 Å². The van der Waals surface area contributed by atoms with E-state index < -0.39 is 0 Å². The number of hydrogen-bond donors (Lipinski definition) is 0. The molecule has 0 aliphatic heterocycles. The third kappa shape index (κ3) is 10.9. The Bertz CT molecular complexity index is 2380. The first-order valence-electron chi connectivity index (χ1n) is 24.1. The van der Waals surface area contributed by atoms with Crippen LogP contribution in [0.5, 0.6) is 0 Å². The molecule has 0 bridgehead atoms. The van der Waals surface area contributed by atoms with Gasteiger partial charge in [0.05, 0.1) is 0 Å². The number of rotatable bonds is 24. The molecule has 0 radical (unpaired) electrons. The molecule has 0 atom stereocenters. The van der Waals surface area contributed by atoms with Gasteiger partial charge in [0, 0.05) is 19.2 Å². The molecule has 60 heavy (non-hydrogen) atoms.